The van der Waals surface area contributed by atoms with Gasteiger partial charge in [-0.2, -0.15) is 0 Å². The van der Waals surface area contributed by atoms with Crippen LogP contribution in [0.2, 0.25) is 0 Å². The molecule has 7 heteroatoms. The molecule has 0 unspecified atom stereocenters. The van der Waals surface area contributed by atoms with Gasteiger partial charge in [-0.15, -0.1) is 11.8 Å². The monoisotopic (exact) mass is 445 g/mol. The van der Waals surface area contributed by atoms with E-state index in [1.165, 1.54) is 0 Å². The minimum Gasteiger partial charge on any atom is -0.354 e. The van der Waals surface area contributed by atoms with Crippen molar-refractivity contribution >= 4 is 29.5 Å². The Morgan fingerprint density at radius 3 is 2.52 bits per heavy atom. The summed E-state index contributed by atoms with van der Waals surface area (Å²) in [5.41, 5.74) is 1.63. The van der Waals surface area contributed by atoms with Crippen molar-refractivity contribution in [2.45, 2.75) is 76.6 Å². The zero-order valence-corrected chi connectivity index (χ0v) is 20.2. The number of hydrogen-bond acceptors (Lipinski definition) is 4. The van der Waals surface area contributed by atoms with Gasteiger partial charge in [-0.1, -0.05) is 52.3 Å². The number of hydrogen-bond donors (Lipinski definition) is 2. The molecule has 1 aromatic rings. The average molecular weight is 446 g/mol. The normalized spacial score (nSPS) is 23.3. The van der Waals surface area contributed by atoms with E-state index in [-0.39, 0.29) is 29.0 Å². The van der Waals surface area contributed by atoms with Gasteiger partial charge in [0.05, 0.1) is 0 Å². The molecule has 6 nitrogen and oxygen atoms in total. The fourth-order valence-corrected chi connectivity index (χ4v) is 5.92. The van der Waals surface area contributed by atoms with Crippen LogP contribution in [0.3, 0.4) is 0 Å². The lowest BCUT2D eigenvalue weighted by atomic mass is 9.95. The maximum atomic E-state index is 13.5. The van der Waals surface area contributed by atoms with Gasteiger partial charge in [-0.3, -0.25) is 14.4 Å². The molecule has 4 atom stereocenters. The smallest absolute Gasteiger partial charge is 0.256 e. The molecular formula is C24H35N3O3S. The highest BCUT2D eigenvalue weighted by Gasteiger charge is 2.57. The van der Waals surface area contributed by atoms with Crippen molar-refractivity contribution in [2.75, 3.05) is 6.54 Å². The second-order valence-electron chi connectivity index (χ2n) is 9.62. The van der Waals surface area contributed by atoms with E-state index in [1.807, 2.05) is 52.0 Å². The summed E-state index contributed by atoms with van der Waals surface area (Å²) in [7, 11) is 0. The van der Waals surface area contributed by atoms with Crippen LogP contribution in [0.4, 0.5) is 0 Å². The minimum absolute atomic E-state index is 0.0116. The summed E-state index contributed by atoms with van der Waals surface area (Å²) in [5, 5.41) is 5.81. The average Bonchev–Trinajstić information content (AvgIpc) is 3.14. The van der Waals surface area contributed by atoms with Crippen molar-refractivity contribution in [1.82, 2.24) is 15.5 Å². The Balaban J connectivity index is 1.80. The van der Waals surface area contributed by atoms with Gasteiger partial charge in [-0.05, 0) is 43.7 Å². The van der Waals surface area contributed by atoms with Crippen LogP contribution in [0.25, 0.3) is 0 Å². The highest BCUT2D eigenvalue weighted by molar-refractivity contribution is 8.01. The maximum Gasteiger partial charge on any atom is 0.256 e. The molecule has 1 fully saturated rings. The number of amides is 3. The van der Waals surface area contributed by atoms with Crippen molar-refractivity contribution in [2.24, 2.45) is 11.8 Å². The van der Waals surface area contributed by atoms with Crippen molar-refractivity contribution in [3.63, 3.8) is 0 Å². The van der Waals surface area contributed by atoms with Crippen LogP contribution in [-0.4, -0.2) is 46.0 Å². The second-order valence-corrected chi connectivity index (χ2v) is 11.4. The van der Waals surface area contributed by atoms with Crippen LogP contribution in [-0.2, 0) is 9.59 Å². The van der Waals surface area contributed by atoms with E-state index < -0.39 is 16.8 Å². The quantitative estimate of drug-likeness (QED) is 0.639. The zero-order valence-electron chi connectivity index (χ0n) is 19.4. The van der Waals surface area contributed by atoms with Crippen LogP contribution in [0, 0.1) is 11.8 Å². The number of nitrogens with one attached hydrogen (secondary N) is 2. The predicted molar refractivity (Wildman–Crippen MR) is 125 cm³/mol. The fourth-order valence-electron chi connectivity index (χ4n) is 4.33. The van der Waals surface area contributed by atoms with Crippen molar-refractivity contribution < 1.29 is 14.4 Å². The first-order chi connectivity index (χ1) is 14.6. The van der Waals surface area contributed by atoms with Crippen molar-refractivity contribution in [1.29, 1.82) is 0 Å². The third-order valence-corrected chi connectivity index (χ3v) is 7.89. The van der Waals surface area contributed by atoms with Crippen LogP contribution < -0.4 is 10.6 Å². The third-order valence-electron chi connectivity index (χ3n) is 6.36. The van der Waals surface area contributed by atoms with Gasteiger partial charge in [0.1, 0.15) is 17.5 Å². The van der Waals surface area contributed by atoms with Gasteiger partial charge in [-0.25, -0.2) is 0 Å². The van der Waals surface area contributed by atoms with E-state index in [0.29, 0.717) is 18.0 Å². The molecule has 2 aliphatic heterocycles. The lowest BCUT2D eigenvalue weighted by Crippen LogP contribution is -2.58. The van der Waals surface area contributed by atoms with Gasteiger partial charge in [0.25, 0.3) is 5.91 Å². The van der Waals surface area contributed by atoms with Gasteiger partial charge in [0.15, 0.2) is 0 Å². The summed E-state index contributed by atoms with van der Waals surface area (Å²) in [6.07, 6.45) is 1.66. The first kappa shape index (κ1) is 23.6. The Labute approximate surface area is 189 Å². The number of thioether (sulfide) groups is 1. The summed E-state index contributed by atoms with van der Waals surface area (Å²) in [5.74, 6) is -0.0411. The highest BCUT2D eigenvalue weighted by Crippen LogP contribution is 2.56. The molecule has 3 amide bonds. The molecule has 3 rings (SSSR count). The largest absolute Gasteiger partial charge is 0.354 e. The van der Waals surface area contributed by atoms with Crippen LogP contribution in [0.1, 0.15) is 75.7 Å². The molecule has 0 aromatic heterocycles. The van der Waals surface area contributed by atoms with Crippen LogP contribution >= 0.6 is 11.8 Å². The fraction of sp³-hybridized carbons (Fsp3) is 0.625. The molecular weight excluding hydrogens is 410 g/mol. The van der Waals surface area contributed by atoms with E-state index >= 15 is 0 Å². The lowest BCUT2D eigenvalue weighted by molar-refractivity contribution is -0.133. The molecule has 0 spiro atoms. The maximum absolute atomic E-state index is 13.5. The molecule has 0 aliphatic carbocycles. The molecule has 0 saturated carbocycles. The standard InChI is InChI=1S/C24H35N3O3S/c1-7-15(4)18(20(28)25-13-12-14(2)3)26-21(29)19-24(5,6)31-23-17-11-9-8-10-16(17)22(30)27(19)23/h8-11,14-15,18-19,23H,7,12-13H2,1-6H3,(H,25,28)(H,26,29)/t15-,18+,19-,23+/m1/s1. The molecule has 1 saturated heterocycles. The molecule has 31 heavy (non-hydrogen) atoms. The predicted octanol–water partition coefficient (Wildman–Crippen LogP) is 3.73. The Kier molecular flexibility index (Phi) is 7.04. The molecule has 0 bridgehead atoms. The summed E-state index contributed by atoms with van der Waals surface area (Å²) in [6, 6.07) is 6.30. The van der Waals surface area contributed by atoms with E-state index in [0.717, 1.165) is 18.4 Å². The summed E-state index contributed by atoms with van der Waals surface area (Å²) < 4.78 is -0.466. The second kappa shape index (κ2) is 9.23. The number of rotatable bonds is 8. The van der Waals surface area contributed by atoms with E-state index in [1.54, 1.807) is 16.7 Å². The van der Waals surface area contributed by atoms with Gasteiger partial charge < -0.3 is 15.5 Å². The van der Waals surface area contributed by atoms with E-state index in [4.69, 9.17) is 0 Å². The molecule has 1 aromatic carbocycles. The molecule has 0 radical (unpaired) electrons. The van der Waals surface area contributed by atoms with Gasteiger partial charge in [0.2, 0.25) is 11.8 Å². The van der Waals surface area contributed by atoms with Crippen molar-refractivity contribution in [3.8, 4) is 0 Å². The van der Waals surface area contributed by atoms with Gasteiger partial charge in [0, 0.05) is 16.9 Å². The van der Waals surface area contributed by atoms with Crippen LogP contribution in [0.5, 0.6) is 0 Å². The van der Waals surface area contributed by atoms with E-state index in [2.05, 4.69) is 24.5 Å². The zero-order chi connectivity index (χ0) is 22.9. The van der Waals surface area contributed by atoms with Gasteiger partial charge >= 0.3 is 0 Å². The number of benzene rings is 1. The number of carbonyl (C=O) groups excluding carboxylic acids is 3. The number of carbonyl (C=O) groups is 3. The Morgan fingerprint density at radius 1 is 1.19 bits per heavy atom. The topological polar surface area (TPSA) is 78.5 Å². The highest BCUT2D eigenvalue weighted by atomic mass is 32.2. The van der Waals surface area contributed by atoms with E-state index in [9.17, 15) is 14.4 Å². The Bertz CT molecular complexity index is 854. The summed E-state index contributed by atoms with van der Waals surface area (Å²) >= 11 is 1.63. The SMILES string of the molecule is CC[C@@H](C)[C@H](NC(=O)[C@H]1N2C(=O)c3ccccc3[C@@H]2SC1(C)C)C(=O)NCCC(C)C. The summed E-state index contributed by atoms with van der Waals surface area (Å²) in [6.45, 7) is 12.8. The molecule has 170 valence electrons. The first-order valence-electron chi connectivity index (χ1n) is 11.3. The third kappa shape index (κ3) is 4.61. The Hall–Kier alpha value is -2.02. The lowest BCUT2D eigenvalue weighted by Gasteiger charge is -2.32. The minimum atomic E-state index is -0.641. The first-order valence-corrected chi connectivity index (χ1v) is 12.1. The number of nitrogens with zero attached hydrogens (tertiary/aromatic N) is 1. The summed E-state index contributed by atoms with van der Waals surface area (Å²) in [4.78, 5) is 41.3. The molecule has 2 aliphatic rings. The van der Waals surface area contributed by atoms with Crippen molar-refractivity contribution in [3.05, 3.63) is 35.4 Å². The molecule has 2 heterocycles. The molecule has 2 N–H and O–H groups in total. The van der Waals surface area contributed by atoms with Crippen LogP contribution in [0.15, 0.2) is 24.3 Å². The Morgan fingerprint density at radius 2 is 1.87 bits per heavy atom. The number of fused-ring (bicyclic) bond motifs is 3.